The summed E-state index contributed by atoms with van der Waals surface area (Å²) in [6, 6.07) is 13.5. The minimum atomic E-state index is -0.255. The van der Waals surface area contributed by atoms with Crippen LogP contribution in [0, 0.1) is 6.92 Å². The van der Waals surface area contributed by atoms with Crippen LogP contribution >= 0.6 is 0 Å². The average Bonchev–Trinajstić information content (AvgIpc) is 2.68. The zero-order valence-electron chi connectivity index (χ0n) is 18.4. The molecule has 2 amide bonds. The summed E-state index contributed by atoms with van der Waals surface area (Å²) in [5, 5.41) is 5.56. The van der Waals surface area contributed by atoms with Crippen LogP contribution in [0.1, 0.15) is 56.1 Å². The molecule has 2 aromatic carbocycles. The molecule has 0 fully saturated rings. The van der Waals surface area contributed by atoms with E-state index in [1.807, 2.05) is 31.2 Å². The molecular weight excluding hydrogens is 362 g/mol. The highest BCUT2D eigenvalue weighted by atomic mass is 16.2. The topological polar surface area (TPSA) is 61.4 Å². The van der Waals surface area contributed by atoms with Gasteiger partial charge in [0.1, 0.15) is 0 Å². The lowest BCUT2D eigenvalue weighted by molar-refractivity contribution is -0.115. The van der Waals surface area contributed by atoms with E-state index in [1.54, 1.807) is 12.1 Å². The van der Waals surface area contributed by atoms with Gasteiger partial charge in [0.05, 0.1) is 6.54 Å². The van der Waals surface area contributed by atoms with Crippen LogP contribution in [0.5, 0.6) is 0 Å². The molecule has 156 valence electrons. The molecule has 0 heterocycles. The predicted octanol–water partition coefficient (Wildman–Crippen LogP) is 4.51. The molecule has 2 rings (SSSR count). The van der Waals surface area contributed by atoms with E-state index in [-0.39, 0.29) is 23.8 Å². The van der Waals surface area contributed by atoms with Crippen LogP contribution in [0.3, 0.4) is 0 Å². The molecule has 0 radical (unpaired) electrons. The highest BCUT2D eigenvalue weighted by Crippen LogP contribution is 2.23. The highest BCUT2D eigenvalue weighted by Gasteiger charge is 2.15. The number of nitrogens with one attached hydrogen (secondary N) is 2. The molecule has 0 aliphatic carbocycles. The summed E-state index contributed by atoms with van der Waals surface area (Å²) in [6.45, 7) is 14.4. The van der Waals surface area contributed by atoms with Gasteiger partial charge in [-0.25, -0.2) is 0 Å². The van der Waals surface area contributed by atoms with Crippen molar-refractivity contribution in [1.29, 1.82) is 0 Å². The van der Waals surface area contributed by atoms with Gasteiger partial charge < -0.3 is 15.5 Å². The van der Waals surface area contributed by atoms with E-state index in [0.29, 0.717) is 5.56 Å². The van der Waals surface area contributed by atoms with E-state index >= 15 is 0 Å². The number of aryl methyl sites for hydroxylation is 1. The van der Waals surface area contributed by atoms with Crippen LogP contribution < -0.4 is 15.5 Å². The summed E-state index contributed by atoms with van der Waals surface area (Å²) in [5.41, 5.74) is 4.63. The van der Waals surface area contributed by atoms with E-state index in [1.165, 1.54) is 0 Å². The van der Waals surface area contributed by atoms with Crippen molar-refractivity contribution in [2.75, 3.05) is 29.9 Å². The van der Waals surface area contributed by atoms with Gasteiger partial charge in [-0.05, 0) is 67.6 Å². The number of hydrogen-bond donors (Lipinski definition) is 2. The molecule has 0 saturated carbocycles. The van der Waals surface area contributed by atoms with Crippen molar-refractivity contribution >= 4 is 23.2 Å². The van der Waals surface area contributed by atoms with Gasteiger partial charge in [-0.3, -0.25) is 9.59 Å². The Bertz CT molecular complexity index is 847. The van der Waals surface area contributed by atoms with Crippen LogP contribution in [-0.4, -0.2) is 31.4 Å². The first-order chi connectivity index (χ1) is 13.7. The second-order valence-corrected chi connectivity index (χ2v) is 8.23. The summed E-state index contributed by atoms with van der Waals surface area (Å²) in [5.74, 6) is -0.502. The molecule has 0 aromatic heterocycles. The number of amides is 2. The smallest absolute Gasteiger partial charge is 0.251 e. The van der Waals surface area contributed by atoms with Crippen molar-refractivity contribution in [2.24, 2.45) is 0 Å². The summed E-state index contributed by atoms with van der Waals surface area (Å²) < 4.78 is 0. The fraction of sp³-hybridized carbons (Fsp3) is 0.417. The Morgan fingerprint density at radius 2 is 1.59 bits per heavy atom. The molecule has 0 aliphatic rings. The number of rotatable bonds is 7. The summed E-state index contributed by atoms with van der Waals surface area (Å²) in [7, 11) is 0. The van der Waals surface area contributed by atoms with Crippen LogP contribution in [0.15, 0.2) is 42.5 Å². The third-order valence-corrected chi connectivity index (χ3v) is 5.04. The lowest BCUT2D eigenvalue weighted by Gasteiger charge is -2.22. The van der Waals surface area contributed by atoms with Crippen molar-refractivity contribution in [3.8, 4) is 0 Å². The number of nitrogens with zero attached hydrogens (tertiary/aromatic N) is 1. The SMILES string of the molecule is CCN(CC)c1ccc(NC(=O)CNC(=O)c2ccc(C(C)(C)C)cc2)c(C)c1. The number of benzene rings is 2. The van der Waals surface area contributed by atoms with Crippen LogP contribution in [-0.2, 0) is 10.2 Å². The first-order valence-corrected chi connectivity index (χ1v) is 10.2. The standard InChI is InChI=1S/C24H33N3O2/c1-7-27(8-2)20-13-14-21(17(3)15-20)26-22(28)16-25-23(29)18-9-11-19(12-10-18)24(4,5)6/h9-15H,7-8,16H2,1-6H3,(H,25,29)(H,26,28). The maximum Gasteiger partial charge on any atom is 0.251 e. The lowest BCUT2D eigenvalue weighted by Crippen LogP contribution is -2.33. The largest absolute Gasteiger partial charge is 0.372 e. The monoisotopic (exact) mass is 395 g/mol. The normalized spacial score (nSPS) is 11.1. The van der Waals surface area contributed by atoms with E-state index in [2.05, 4.69) is 56.2 Å². The molecule has 0 unspecified atom stereocenters. The fourth-order valence-corrected chi connectivity index (χ4v) is 3.15. The summed E-state index contributed by atoms with van der Waals surface area (Å²) in [6.07, 6.45) is 0. The van der Waals surface area contributed by atoms with Crippen molar-refractivity contribution in [3.05, 3.63) is 59.2 Å². The van der Waals surface area contributed by atoms with E-state index in [4.69, 9.17) is 0 Å². The minimum Gasteiger partial charge on any atom is -0.372 e. The highest BCUT2D eigenvalue weighted by molar-refractivity contribution is 5.99. The number of anilines is 2. The van der Waals surface area contributed by atoms with Crippen molar-refractivity contribution in [3.63, 3.8) is 0 Å². The second kappa shape index (κ2) is 9.59. The van der Waals surface area contributed by atoms with Crippen LogP contribution in [0.4, 0.5) is 11.4 Å². The first kappa shape index (κ1) is 22.5. The molecule has 0 saturated heterocycles. The molecule has 2 aromatic rings. The second-order valence-electron chi connectivity index (χ2n) is 8.23. The Balaban J connectivity index is 1.93. The molecule has 0 atom stereocenters. The van der Waals surface area contributed by atoms with Crippen molar-refractivity contribution < 1.29 is 9.59 Å². The van der Waals surface area contributed by atoms with E-state index in [9.17, 15) is 9.59 Å². The van der Waals surface area contributed by atoms with Crippen LogP contribution in [0.25, 0.3) is 0 Å². The Hall–Kier alpha value is -2.82. The Morgan fingerprint density at radius 3 is 2.10 bits per heavy atom. The Kier molecular flexibility index (Phi) is 7.43. The van der Waals surface area contributed by atoms with E-state index in [0.717, 1.165) is 35.6 Å². The van der Waals surface area contributed by atoms with Gasteiger partial charge in [0.2, 0.25) is 5.91 Å². The van der Waals surface area contributed by atoms with Gasteiger partial charge in [-0.1, -0.05) is 32.9 Å². The molecule has 0 bridgehead atoms. The maximum absolute atomic E-state index is 12.3. The molecule has 0 spiro atoms. The third kappa shape index (κ3) is 6.08. The molecule has 5 heteroatoms. The number of carbonyl (C=O) groups excluding carboxylic acids is 2. The van der Waals surface area contributed by atoms with Gasteiger partial charge >= 0.3 is 0 Å². The maximum atomic E-state index is 12.3. The molecule has 5 nitrogen and oxygen atoms in total. The van der Waals surface area contributed by atoms with Crippen molar-refractivity contribution in [2.45, 2.75) is 47.0 Å². The minimum absolute atomic E-state index is 0.0353. The zero-order chi connectivity index (χ0) is 21.6. The molecule has 29 heavy (non-hydrogen) atoms. The van der Waals surface area contributed by atoms with Gasteiger partial charge in [-0.2, -0.15) is 0 Å². The van der Waals surface area contributed by atoms with Gasteiger partial charge in [0.25, 0.3) is 5.91 Å². The average molecular weight is 396 g/mol. The molecule has 2 N–H and O–H groups in total. The van der Waals surface area contributed by atoms with Crippen molar-refractivity contribution in [1.82, 2.24) is 5.32 Å². The summed E-state index contributed by atoms with van der Waals surface area (Å²) in [4.78, 5) is 26.9. The lowest BCUT2D eigenvalue weighted by atomic mass is 9.87. The van der Waals surface area contributed by atoms with E-state index < -0.39 is 0 Å². The van der Waals surface area contributed by atoms with Gasteiger partial charge in [-0.15, -0.1) is 0 Å². The Labute approximate surface area is 174 Å². The first-order valence-electron chi connectivity index (χ1n) is 10.2. The Morgan fingerprint density at radius 1 is 0.966 bits per heavy atom. The third-order valence-electron chi connectivity index (χ3n) is 5.04. The zero-order valence-corrected chi connectivity index (χ0v) is 18.4. The van der Waals surface area contributed by atoms with Crippen LogP contribution in [0.2, 0.25) is 0 Å². The molecular formula is C24H33N3O2. The molecule has 0 aliphatic heterocycles. The van der Waals surface area contributed by atoms with Gasteiger partial charge in [0, 0.05) is 30.0 Å². The number of carbonyl (C=O) groups is 2. The number of hydrogen-bond acceptors (Lipinski definition) is 3. The van der Waals surface area contributed by atoms with Gasteiger partial charge in [0.15, 0.2) is 0 Å². The fourth-order valence-electron chi connectivity index (χ4n) is 3.15. The predicted molar refractivity (Wildman–Crippen MR) is 121 cm³/mol. The quantitative estimate of drug-likeness (QED) is 0.725. The summed E-state index contributed by atoms with van der Waals surface area (Å²) >= 11 is 0.